The monoisotopic (exact) mass is 285 g/mol. The molecule has 2 fully saturated rings. The first-order valence-corrected chi connectivity index (χ1v) is 6.88. The summed E-state index contributed by atoms with van der Waals surface area (Å²) in [6, 6.07) is 5.75. The molecule has 2 aliphatic rings. The summed E-state index contributed by atoms with van der Waals surface area (Å²) in [5.74, 6) is -1.03. The van der Waals surface area contributed by atoms with Crippen LogP contribution in [-0.4, -0.2) is 37.7 Å². The molecule has 20 heavy (non-hydrogen) atoms. The number of rotatable bonds is 2. The number of nitrogens with zero attached hydrogens (tertiary/aromatic N) is 1. The van der Waals surface area contributed by atoms with Crippen molar-refractivity contribution >= 4 is 0 Å². The lowest BCUT2D eigenvalue weighted by molar-refractivity contribution is -0.161. The van der Waals surface area contributed by atoms with Gasteiger partial charge in [0.1, 0.15) is 5.75 Å². The van der Waals surface area contributed by atoms with E-state index in [0.717, 1.165) is 6.42 Å². The number of methoxy groups -OCH3 is 1. The summed E-state index contributed by atoms with van der Waals surface area (Å²) in [7, 11) is -2.64. The van der Waals surface area contributed by atoms with Crippen LogP contribution in [0.3, 0.4) is 0 Å². The number of ether oxygens (including phenoxy) is 2. The Hall–Kier alpha value is -1.06. The molecule has 0 aromatic heterocycles. The number of hydrogen-bond acceptors (Lipinski definition) is 3. The van der Waals surface area contributed by atoms with Crippen molar-refractivity contribution < 1.29 is 23.2 Å². The summed E-state index contributed by atoms with van der Waals surface area (Å²) >= 11 is 0. The highest BCUT2D eigenvalue weighted by Crippen LogP contribution is 2.45. The van der Waals surface area contributed by atoms with Gasteiger partial charge in [-0.1, -0.05) is 31.4 Å². The zero-order chi connectivity index (χ0) is 22.6. The van der Waals surface area contributed by atoms with Crippen LogP contribution in [0.1, 0.15) is 57.3 Å². The first-order chi connectivity index (χ1) is 13.6. The zero-order valence-electron chi connectivity index (χ0n) is 21.2. The van der Waals surface area contributed by atoms with Crippen molar-refractivity contribution in [2.45, 2.75) is 43.6 Å². The van der Waals surface area contributed by atoms with Crippen molar-refractivity contribution in [2.75, 3.05) is 27.2 Å². The molecule has 1 aromatic rings. The maximum absolute atomic E-state index is 8.74. The summed E-state index contributed by atoms with van der Waals surface area (Å²) in [5.41, 5.74) is -0.830. The average Bonchev–Trinajstić information content (AvgIpc) is 2.52. The predicted molar refractivity (Wildman–Crippen MR) is 80.1 cm³/mol. The van der Waals surface area contributed by atoms with Crippen LogP contribution in [0.4, 0.5) is 0 Å². The van der Waals surface area contributed by atoms with Crippen molar-refractivity contribution in [2.24, 2.45) is 0 Å². The van der Waals surface area contributed by atoms with Gasteiger partial charge in [0.15, 0.2) is 0 Å². The topological polar surface area (TPSA) is 21.7 Å². The van der Waals surface area contributed by atoms with Crippen molar-refractivity contribution in [3.05, 3.63) is 29.8 Å². The quantitative estimate of drug-likeness (QED) is 0.831. The van der Waals surface area contributed by atoms with E-state index in [1.54, 1.807) is 0 Å². The maximum Gasteiger partial charge on any atom is 0.118 e. The second kappa shape index (κ2) is 5.74. The molecule has 3 rings (SSSR count). The minimum Gasteiger partial charge on any atom is -0.497 e. The molecule has 1 atom stereocenters. The lowest BCUT2D eigenvalue weighted by Crippen LogP contribution is -2.52. The van der Waals surface area contributed by atoms with E-state index in [1.165, 1.54) is 24.3 Å². The normalized spacial score (nSPS) is 40.3. The predicted octanol–water partition coefficient (Wildman–Crippen LogP) is 3.40. The van der Waals surface area contributed by atoms with Gasteiger partial charge in [0.05, 0.1) is 26.2 Å². The number of benzene rings is 1. The van der Waals surface area contributed by atoms with Gasteiger partial charge in [0.25, 0.3) is 0 Å². The number of hydrogen-bond donors (Lipinski definition) is 0. The molecule has 0 bridgehead atoms. The fourth-order valence-electron chi connectivity index (χ4n) is 3.12. The first kappa shape index (κ1) is 6.37. The zero-order valence-corrected chi connectivity index (χ0v) is 11.2. The van der Waals surface area contributed by atoms with Gasteiger partial charge in [-0.2, -0.15) is 0 Å². The Balaban J connectivity index is 2.09. The van der Waals surface area contributed by atoms with E-state index in [0.29, 0.717) is 31.2 Å². The van der Waals surface area contributed by atoms with Crippen LogP contribution in [0, 0.1) is 0 Å². The van der Waals surface area contributed by atoms with Crippen LogP contribution in [0.25, 0.3) is 0 Å². The van der Waals surface area contributed by atoms with Crippen LogP contribution in [-0.2, 0) is 4.74 Å². The SMILES string of the molecule is [2H]C([2H])([2H])Oc1ccc(C2C3(CCCCC3)OC([2H])([2H])N(C([2H])([2H])[2H])C2([2H])[2H])cc1. The minimum absolute atomic E-state index is 0.0664. The third kappa shape index (κ3) is 2.57. The minimum atomic E-state index is -3.08. The van der Waals surface area contributed by atoms with Gasteiger partial charge in [0.2, 0.25) is 0 Å². The molecular formula is C17H25NO2. The molecule has 1 heterocycles. The summed E-state index contributed by atoms with van der Waals surface area (Å²) < 4.78 is 89.4. The maximum atomic E-state index is 8.74. The Labute approximate surface area is 135 Å². The molecule has 1 aliphatic heterocycles. The summed E-state index contributed by atoms with van der Waals surface area (Å²) in [4.78, 5) is 0.185. The molecule has 3 heteroatoms. The van der Waals surface area contributed by atoms with E-state index in [1.807, 2.05) is 0 Å². The van der Waals surface area contributed by atoms with E-state index in [4.69, 9.17) is 23.2 Å². The lowest BCUT2D eigenvalue weighted by Gasteiger charge is -2.49. The van der Waals surface area contributed by atoms with Crippen LogP contribution >= 0.6 is 0 Å². The Morgan fingerprint density at radius 3 is 2.80 bits per heavy atom. The number of likely N-dealkylation sites (N-methyl/N-ethyl adjacent to an activating group) is 1. The lowest BCUT2D eigenvalue weighted by atomic mass is 9.71. The average molecular weight is 285 g/mol. The molecule has 1 saturated heterocycles. The third-order valence-corrected chi connectivity index (χ3v) is 4.16. The second-order valence-electron chi connectivity index (χ2n) is 5.39. The Morgan fingerprint density at radius 1 is 1.30 bits per heavy atom. The highest BCUT2D eigenvalue weighted by Gasteiger charge is 2.44. The molecule has 1 spiro atoms. The second-order valence-corrected chi connectivity index (χ2v) is 5.39. The Morgan fingerprint density at radius 2 is 2.10 bits per heavy atom. The highest BCUT2D eigenvalue weighted by atomic mass is 16.5. The van der Waals surface area contributed by atoms with Gasteiger partial charge in [0, 0.05) is 19.3 Å². The van der Waals surface area contributed by atoms with Crippen molar-refractivity contribution in [1.82, 2.24) is 4.90 Å². The fourth-order valence-corrected chi connectivity index (χ4v) is 3.12. The largest absolute Gasteiger partial charge is 0.497 e. The first-order valence-electron chi connectivity index (χ1n) is 11.9. The molecule has 1 aliphatic carbocycles. The Bertz CT molecular complexity index is 753. The van der Waals surface area contributed by atoms with E-state index in [9.17, 15) is 0 Å². The standard InChI is InChI=1S/C17H25NO2/c1-18-12-16(14-6-8-15(19-2)9-7-14)17(20-13-18)10-4-3-5-11-17/h6-9,16H,3-5,10-13H2,1-2H3/i1D3,2D3,12D2,13D2. The molecule has 110 valence electrons. The van der Waals surface area contributed by atoms with Crippen LogP contribution in [0.2, 0.25) is 0 Å². The van der Waals surface area contributed by atoms with E-state index < -0.39 is 38.7 Å². The molecule has 0 radical (unpaired) electrons. The molecule has 1 unspecified atom stereocenters. The van der Waals surface area contributed by atoms with Gasteiger partial charge in [-0.05, 0) is 37.5 Å². The van der Waals surface area contributed by atoms with Gasteiger partial charge in [-0.25, -0.2) is 0 Å². The molecule has 1 aromatic carbocycles. The molecule has 1 saturated carbocycles. The van der Waals surface area contributed by atoms with Gasteiger partial charge < -0.3 is 9.47 Å². The van der Waals surface area contributed by atoms with Crippen LogP contribution < -0.4 is 4.74 Å². The van der Waals surface area contributed by atoms with Crippen LogP contribution in [0.5, 0.6) is 5.75 Å². The van der Waals surface area contributed by atoms with E-state index in [2.05, 4.69) is 0 Å². The summed E-state index contributed by atoms with van der Waals surface area (Å²) in [6.45, 7) is -8.50. The smallest absolute Gasteiger partial charge is 0.118 e. The molecule has 0 amide bonds. The van der Waals surface area contributed by atoms with Gasteiger partial charge >= 0.3 is 0 Å². The van der Waals surface area contributed by atoms with Crippen LogP contribution in [0.15, 0.2) is 24.3 Å². The van der Waals surface area contributed by atoms with E-state index >= 15 is 0 Å². The van der Waals surface area contributed by atoms with E-state index in [-0.39, 0.29) is 10.6 Å². The van der Waals surface area contributed by atoms with Gasteiger partial charge in [-0.15, -0.1) is 0 Å². The fraction of sp³-hybridized carbons (Fsp3) is 0.647. The van der Waals surface area contributed by atoms with Crippen molar-refractivity contribution in [1.29, 1.82) is 0 Å². The van der Waals surface area contributed by atoms with Gasteiger partial charge in [-0.3, -0.25) is 4.90 Å². The highest BCUT2D eigenvalue weighted by molar-refractivity contribution is 5.32. The summed E-state index contributed by atoms with van der Waals surface area (Å²) in [5, 5.41) is 0. The van der Waals surface area contributed by atoms with Crippen molar-refractivity contribution in [3.63, 3.8) is 0 Å². The third-order valence-electron chi connectivity index (χ3n) is 4.16. The molecular weight excluding hydrogens is 250 g/mol. The molecule has 3 nitrogen and oxygen atoms in total. The Kier molecular flexibility index (Phi) is 1.83. The molecule has 0 N–H and O–H groups in total. The summed E-state index contributed by atoms with van der Waals surface area (Å²) in [6.07, 6.45) is 3.09. The van der Waals surface area contributed by atoms with Crippen molar-refractivity contribution in [3.8, 4) is 5.75 Å².